The third-order valence-corrected chi connectivity index (χ3v) is 3.92. The smallest absolute Gasteiger partial charge is 0.224 e. The topological polar surface area (TPSA) is 70.1 Å². The first-order chi connectivity index (χ1) is 8.63. The van der Waals surface area contributed by atoms with Crippen molar-refractivity contribution in [3.05, 3.63) is 10.7 Å². The maximum absolute atomic E-state index is 10.4. The van der Waals surface area contributed by atoms with Crippen molar-refractivity contribution in [2.75, 3.05) is 24.2 Å². The molecule has 0 saturated heterocycles. The minimum Gasteiger partial charge on any atom is -0.388 e. The van der Waals surface area contributed by atoms with Gasteiger partial charge < -0.3 is 15.7 Å². The van der Waals surface area contributed by atoms with Crippen LogP contribution in [0.5, 0.6) is 0 Å². The summed E-state index contributed by atoms with van der Waals surface area (Å²) in [5, 5.41) is 16.5. The molecule has 0 aromatic carbocycles. The van der Waals surface area contributed by atoms with Gasteiger partial charge in [-0.2, -0.15) is 4.98 Å². The van der Waals surface area contributed by atoms with Crippen LogP contribution in [0, 0.1) is 0 Å². The number of hydrogen-bond acceptors (Lipinski definition) is 5. The van der Waals surface area contributed by atoms with E-state index in [1.165, 1.54) is 6.42 Å². The summed E-state index contributed by atoms with van der Waals surface area (Å²) in [6.07, 6.45) is 6.86. The second-order valence-corrected chi connectivity index (χ2v) is 5.63. The third kappa shape index (κ3) is 3.32. The molecular formula is C12H19BrN4O. The minimum atomic E-state index is -0.595. The number of nitrogens with zero attached hydrogens (tertiary/aromatic N) is 2. The van der Waals surface area contributed by atoms with Crippen LogP contribution < -0.4 is 10.6 Å². The van der Waals surface area contributed by atoms with Crippen LogP contribution in [-0.4, -0.2) is 34.3 Å². The van der Waals surface area contributed by atoms with Crippen molar-refractivity contribution in [1.29, 1.82) is 0 Å². The molecule has 0 spiro atoms. The van der Waals surface area contributed by atoms with Gasteiger partial charge in [-0.1, -0.05) is 19.3 Å². The Kier molecular flexibility index (Phi) is 4.40. The monoisotopic (exact) mass is 314 g/mol. The Morgan fingerprint density at radius 2 is 2.11 bits per heavy atom. The molecule has 1 heterocycles. The first-order valence-corrected chi connectivity index (χ1v) is 7.09. The summed E-state index contributed by atoms with van der Waals surface area (Å²) in [5.74, 6) is 1.28. The van der Waals surface area contributed by atoms with E-state index in [1.807, 2.05) is 0 Å². The lowest BCUT2D eigenvalue weighted by Gasteiger charge is -2.32. The van der Waals surface area contributed by atoms with Gasteiger partial charge in [0.1, 0.15) is 5.82 Å². The van der Waals surface area contributed by atoms with E-state index in [0.29, 0.717) is 18.3 Å². The summed E-state index contributed by atoms with van der Waals surface area (Å²) in [7, 11) is 1.78. The Labute approximate surface area is 116 Å². The maximum atomic E-state index is 10.4. The maximum Gasteiger partial charge on any atom is 0.224 e. The predicted molar refractivity (Wildman–Crippen MR) is 75.8 cm³/mol. The Balaban J connectivity index is 2.00. The Hall–Kier alpha value is -0.880. The van der Waals surface area contributed by atoms with Crippen molar-refractivity contribution < 1.29 is 5.11 Å². The van der Waals surface area contributed by atoms with Gasteiger partial charge in [0.05, 0.1) is 10.1 Å². The first-order valence-electron chi connectivity index (χ1n) is 6.29. The molecule has 1 aliphatic rings. The van der Waals surface area contributed by atoms with Crippen LogP contribution in [0.15, 0.2) is 10.7 Å². The van der Waals surface area contributed by atoms with E-state index in [4.69, 9.17) is 0 Å². The zero-order valence-corrected chi connectivity index (χ0v) is 12.1. The lowest BCUT2D eigenvalue weighted by atomic mass is 9.85. The molecule has 2 rings (SSSR count). The average molecular weight is 315 g/mol. The molecule has 5 nitrogen and oxygen atoms in total. The van der Waals surface area contributed by atoms with Gasteiger partial charge >= 0.3 is 0 Å². The molecule has 18 heavy (non-hydrogen) atoms. The molecule has 100 valence electrons. The van der Waals surface area contributed by atoms with E-state index in [0.717, 1.165) is 30.2 Å². The summed E-state index contributed by atoms with van der Waals surface area (Å²) >= 11 is 3.41. The number of rotatable bonds is 4. The first kappa shape index (κ1) is 13.5. The van der Waals surface area contributed by atoms with Crippen molar-refractivity contribution in [2.45, 2.75) is 37.7 Å². The molecule has 1 aliphatic carbocycles. The van der Waals surface area contributed by atoms with E-state index < -0.39 is 5.60 Å². The molecule has 0 radical (unpaired) electrons. The normalized spacial score (nSPS) is 18.4. The number of nitrogens with one attached hydrogen (secondary N) is 2. The SMILES string of the molecule is CNc1ncc(Br)c(NCC2(O)CCCCC2)n1. The Morgan fingerprint density at radius 1 is 1.39 bits per heavy atom. The highest BCUT2D eigenvalue weighted by atomic mass is 79.9. The Morgan fingerprint density at radius 3 is 2.78 bits per heavy atom. The van der Waals surface area contributed by atoms with Crippen molar-refractivity contribution in [3.8, 4) is 0 Å². The highest BCUT2D eigenvalue weighted by molar-refractivity contribution is 9.10. The van der Waals surface area contributed by atoms with E-state index in [-0.39, 0.29) is 0 Å². The number of anilines is 2. The molecule has 1 aromatic rings. The van der Waals surface area contributed by atoms with Gasteiger partial charge in [-0.15, -0.1) is 0 Å². The minimum absolute atomic E-state index is 0.533. The molecule has 6 heteroatoms. The molecule has 0 bridgehead atoms. The predicted octanol–water partition coefficient (Wildman–Crippen LogP) is 2.39. The number of hydrogen-bond donors (Lipinski definition) is 3. The van der Waals surface area contributed by atoms with Crippen molar-refractivity contribution in [1.82, 2.24) is 9.97 Å². The third-order valence-electron chi connectivity index (χ3n) is 3.34. The Bertz CT molecular complexity index is 407. The summed E-state index contributed by atoms with van der Waals surface area (Å²) in [6, 6.07) is 0. The van der Waals surface area contributed by atoms with Gasteiger partial charge in [0.25, 0.3) is 0 Å². The molecule has 0 aliphatic heterocycles. The van der Waals surface area contributed by atoms with Crippen LogP contribution in [0.25, 0.3) is 0 Å². The van der Waals surface area contributed by atoms with Crippen LogP contribution in [0.4, 0.5) is 11.8 Å². The zero-order chi connectivity index (χ0) is 13.0. The number of aromatic nitrogens is 2. The van der Waals surface area contributed by atoms with Crippen molar-refractivity contribution in [3.63, 3.8) is 0 Å². The second kappa shape index (κ2) is 5.84. The standard InChI is InChI=1S/C12H19BrN4O/c1-14-11-15-7-9(13)10(17-11)16-8-12(18)5-3-2-4-6-12/h7,18H,2-6,8H2,1H3,(H2,14,15,16,17). The van der Waals surface area contributed by atoms with Gasteiger partial charge in [-0.05, 0) is 28.8 Å². The zero-order valence-electron chi connectivity index (χ0n) is 10.5. The molecule has 3 N–H and O–H groups in total. The largest absolute Gasteiger partial charge is 0.388 e. The summed E-state index contributed by atoms with van der Waals surface area (Å²) in [6.45, 7) is 0.533. The van der Waals surface area contributed by atoms with Crippen LogP contribution >= 0.6 is 15.9 Å². The molecule has 0 amide bonds. The lowest BCUT2D eigenvalue weighted by Crippen LogP contribution is -2.39. The highest BCUT2D eigenvalue weighted by Gasteiger charge is 2.29. The molecule has 1 fully saturated rings. The lowest BCUT2D eigenvalue weighted by molar-refractivity contribution is 0.0166. The molecule has 0 unspecified atom stereocenters. The van der Waals surface area contributed by atoms with E-state index in [1.54, 1.807) is 13.2 Å². The fourth-order valence-corrected chi connectivity index (χ4v) is 2.58. The fraction of sp³-hybridized carbons (Fsp3) is 0.667. The second-order valence-electron chi connectivity index (χ2n) is 4.78. The molecule has 1 aromatic heterocycles. The average Bonchev–Trinajstić information content (AvgIpc) is 2.39. The fourth-order valence-electron chi connectivity index (χ4n) is 2.25. The molecule has 0 atom stereocenters. The summed E-state index contributed by atoms with van der Waals surface area (Å²) < 4.78 is 0.806. The van der Waals surface area contributed by atoms with Gasteiger partial charge in [-0.3, -0.25) is 0 Å². The summed E-state index contributed by atoms with van der Waals surface area (Å²) in [4.78, 5) is 8.41. The molecular weight excluding hydrogens is 296 g/mol. The number of aliphatic hydroxyl groups is 1. The van der Waals surface area contributed by atoms with Gasteiger partial charge in [0, 0.05) is 19.8 Å². The van der Waals surface area contributed by atoms with E-state index in [2.05, 4.69) is 36.5 Å². The van der Waals surface area contributed by atoms with Crippen molar-refractivity contribution in [2.24, 2.45) is 0 Å². The van der Waals surface area contributed by atoms with Crippen LogP contribution in [-0.2, 0) is 0 Å². The number of halogens is 1. The van der Waals surface area contributed by atoms with Crippen LogP contribution in [0.3, 0.4) is 0 Å². The highest BCUT2D eigenvalue weighted by Crippen LogP contribution is 2.29. The van der Waals surface area contributed by atoms with Crippen LogP contribution in [0.2, 0.25) is 0 Å². The van der Waals surface area contributed by atoms with E-state index >= 15 is 0 Å². The van der Waals surface area contributed by atoms with E-state index in [9.17, 15) is 5.11 Å². The van der Waals surface area contributed by atoms with Crippen LogP contribution in [0.1, 0.15) is 32.1 Å². The van der Waals surface area contributed by atoms with Crippen molar-refractivity contribution >= 4 is 27.7 Å². The quantitative estimate of drug-likeness (QED) is 0.796. The molecule has 1 saturated carbocycles. The van der Waals surface area contributed by atoms with Gasteiger partial charge in [-0.25, -0.2) is 4.98 Å². The van der Waals surface area contributed by atoms with Gasteiger partial charge in [0.15, 0.2) is 0 Å². The van der Waals surface area contributed by atoms with Gasteiger partial charge in [0.2, 0.25) is 5.95 Å². The summed E-state index contributed by atoms with van der Waals surface area (Å²) in [5.41, 5.74) is -0.595.